The quantitative estimate of drug-likeness (QED) is 0.863. The standard InChI is InChI=1S/C17H31N3/c1-5-18-12-16-8-9-17(2,3)10-15(16)7-6-14-11-19-20(4)13-14/h11,13,15-16,18H,5-10,12H2,1-4H3. The Hall–Kier alpha value is -0.830. The SMILES string of the molecule is CCNCC1CCC(C)(C)CC1CCc1cnn(C)c1. The zero-order valence-corrected chi connectivity index (χ0v) is 13.7. The van der Waals surface area contributed by atoms with Crippen LogP contribution < -0.4 is 5.32 Å². The van der Waals surface area contributed by atoms with Gasteiger partial charge in [0.1, 0.15) is 0 Å². The van der Waals surface area contributed by atoms with E-state index in [9.17, 15) is 0 Å². The molecular formula is C17H31N3. The van der Waals surface area contributed by atoms with Crippen molar-refractivity contribution in [3.63, 3.8) is 0 Å². The minimum atomic E-state index is 0.530. The summed E-state index contributed by atoms with van der Waals surface area (Å²) in [4.78, 5) is 0. The molecule has 20 heavy (non-hydrogen) atoms. The second kappa shape index (κ2) is 6.75. The monoisotopic (exact) mass is 277 g/mol. The average molecular weight is 277 g/mol. The van der Waals surface area contributed by atoms with Gasteiger partial charge in [0, 0.05) is 13.2 Å². The zero-order valence-electron chi connectivity index (χ0n) is 13.7. The van der Waals surface area contributed by atoms with Crippen LogP contribution in [0.1, 0.15) is 52.0 Å². The summed E-state index contributed by atoms with van der Waals surface area (Å²) in [5.74, 6) is 1.72. The minimum Gasteiger partial charge on any atom is -0.317 e. The predicted molar refractivity (Wildman–Crippen MR) is 84.7 cm³/mol. The molecule has 0 bridgehead atoms. The van der Waals surface area contributed by atoms with Crippen LogP contribution >= 0.6 is 0 Å². The summed E-state index contributed by atoms with van der Waals surface area (Å²) in [6, 6.07) is 0. The van der Waals surface area contributed by atoms with Crippen molar-refractivity contribution in [1.29, 1.82) is 0 Å². The van der Waals surface area contributed by atoms with Crippen molar-refractivity contribution < 1.29 is 0 Å². The van der Waals surface area contributed by atoms with E-state index in [0.29, 0.717) is 5.41 Å². The zero-order chi connectivity index (χ0) is 14.6. The molecule has 2 unspecified atom stereocenters. The first-order valence-corrected chi connectivity index (χ1v) is 8.18. The van der Waals surface area contributed by atoms with Crippen molar-refractivity contribution in [2.45, 2.75) is 52.9 Å². The summed E-state index contributed by atoms with van der Waals surface area (Å²) in [5.41, 5.74) is 1.92. The van der Waals surface area contributed by atoms with Gasteiger partial charge >= 0.3 is 0 Å². The van der Waals surface area contributed by atoms with E-state index in [1.807, 2.05) is 17.9 Å². The van der Waals surface area contributed by atoms with E-state index in [-0.39, 0.29) is 0 Å². The fraction of sp³-hybridized carbons (Fsp3) is 0.824. The topological polar surface area (TPSA) is 29.9 Å². The van der Waals surface area contributed by atoms with Gasteiger partial charge in [-0.05, 0) is 68.0 Å². The van der Waals surface area contributed by atoms with Gasteiger partial charge in [-0.2, -0.15) is 5.10 Å². The number of aromatic nitrogens is 2. The highest BCUT2D eigenvalue weighted by molar-refractivity contribution is 5.04. The molecule has 1 aliphatic carbocycles. The first kappa shape index (κ1) is 15.6. The first-order valence-electron chi connectivity index (χ1n) is 8.18. The van der Waals surface area contributed by atoms with Crippen LogP contribution in [0.5, 0.6) is 0 Å². The van der Waals surface area contributed by atoms with Gasteiger partial charge in [0.15, 0.2) is 0 Å². The predicted octanol–water partition coefficient (Wildman–Crippen LogP) is 3.40. The largest absolute Gasteiger partial charge is 0.317 e. The number of hydrogen-bond acceptors (Lipinski definition) is 2. The molecular weight excluding hydrogens is 246 g/mol. The highest BCUT2D eigenvalue weighted by Crippen LogP contribution is 2.43. The number of nitrogens with one attached hydrogen (secondary N) is 1. The van der Waals surface area contributed by atoms with Gasteiger partial charge in [0.05, 0.1) is 6.20 Å². The van der Waals surface area contributed by atoms with E-state index in [2.05, 4.69) is 37.4 Å². The molecule has 1 saturated carbocycles. The van der Waals surface area contributed by atoms with E-state index in [1.54, 1.807) is 0 Å². The average Bonchev–Trinajstić information content (AvgIpc) is 2.80. The van der Waals surface area contributed by atoms with Crippen molar-refractivity contribution in [1.82, 2.24) is 15.1 Å². The highest BCUT2D eigenvalue weighted by Gasteiger charge is 2.34. The Morgan fingerprint density at radius 2 is 2.20 bits per heavy atom. The van der Waals surface area contributed by atoms with Gasteiger partial charge in [0.2, 0.25) is 0 Å². The van der Waals surface area contributed by atoms with Crippen LogP contribution in [0, 0.1) is 17.3 Å². The molecule has 1 fully saturated rings. The van der Waals surface area contributed by atoms with Gasteiger partial charge in [-0.25, -0.2) is 0 Å². The lowest BCUT2D eigenvalue weighted by atomic mass is 9.66. The molecule has 2 rings (SSSR count). The fourth-order valence-electron chi connectivity index (χ4n) is 3.68. The lowest BCUT2D eigenvalue weighted by Gasteiger charge is -2.41. The van der Waals surface area contributed by atoms with Gasteiger partial charge < -0.3 is 5.32 Å². The molecule has 0 saturated heterocycles. The molecule has 3 heteroatoms. The Balaban J connectivity index is 1.92. The summed E-state index contributed by atoms with van der Waals surface area (Å²) in [5, 5.41) is 7.84. The van der Waals surface area contributed by atoms with E-state index in [4.69, 9.17) is 0 Å². The van der Waals surface area contributed by atoms with E-state index < -0.39 is 0 Å². The summed E-state index contributed by atoms with van der Waals surface area (Å²) in [6.07, 6.45) is 10.8. The van der Waals surface area contributed by atoms with Crippen molar-refractivity contribution in [2.24, 2.45) is 24.3 Å². The van der Waals surface area contributed by atoms with Gasteiger partial charge in [-0.15, -0.1) is 0 Å². The number of rotatable bonds is 6. The second-order valence-electron chi connectivity index (χ2n) is 7.30. The second-order valence-corrected chi connectivity index (χ2v) is 7.30. The van der Waals surface area contributed by atoms with Crippen LogP contribution in [0.2, 0.25) is 0 Å². The molecule has 1 N–H and O–H groups in total. The van der Waals surface area contributed by atoms with Crippen molar-refractivity contribution >= 4 is 0 Å². The molecule has 1 aromatic rings. The molecule has 3 nitrogen and oxygen atoms in total. The molecule has 1 aliphatic rings. The maximum Gasteiger partial charge on any atom is 0.0521 e. The maximum absolute atomic E-state index is 4.28. The van der Waals surface area contributed by atoms with E-state index in [1.165, 1.54) is 44.2 Å². The molecule has 1 aromatic heterocycles. The van der Waals surface area contributed by atoms with Crippen LogP contribution in [-0.4, -0.2) is 22.9 Å². The van der Waals surface area contributed by atoms with Crippen LogP contribution in [0.15, 0.2) is 12.4 Å². The summed E-state index contributed by atoms with van der Waals surface area (Å²) >= 11 is 0. The van der Waals surface area contributed by atoms with Crippen LogP contribution in [-0.2, 0) is 13.5 Å². The molecule has 0 aliphatic heterocycles. The third kappa shape index (κ3) is 4.34. The molecule has 0 spiro atoms. The normalized spacial score (nSPS) is 25.8. The third-order valence-corrected chi connectivity index (χ3v) is 4.89. The summed E-state index contributed by atoms with van der Waals surface area (Å²) in [6.45, 7) is 9.37. The van der Waals surface area contributed by atoms with Gasteiger partial charge in [-0.1, -0.05) is 20.8 Å². The molecule has 0 amide bonds. The Labute approximate surface area is 124 Å². The third-order valence-electron chi connectivity index (χ3n) is 4.89. The molecule has 0 aromatic carbocycles. The Bertz CT molecular complexity index is 408. The molecule has 2 atom stereocenters. The maximum atomic E-state index is 4.28. The highest BCUT2D eigenvalue weighted by atomic mass is 15.2. The smallest absolute Gasteiger partial charge is 0.0521 e. The Morgan fingerprint density at radius 3 is 2.85 bits per heavy atom. The van der Waals surface area contributed by atoms with E-state index >= 15 is 0 Å². The lowest BCUT2D eigenvalue weighted by Crippen LogP contribution is -2.36. The summed E-state index contributed by atoms with van der Waals surface area (Å²) < 4.78 is 1.91. The van der Waals surface area contributed by atoms with Crippen LogP contribution in [0.4, 0.5) is 0 Å². The van der Waals surface area contributed by atoms with Gasteiger partial charge in [-0.3, -0.25) is 4.68 Å². The van der Waals surface area contributed by atoms with Crippen molar-refractivity contribution in [2.75, 3.05) is 13.1 Å². The van der Waals surface area contributed by atoms with E-state index in [0.717, 1.165) is 18.4 Å². The van der Waals surface area contributed by atoms with Crippen LogP contribution in [0.3, 0.4) is 0 Å². The Morgan fingerprint density at radius 1 is 1.40 bits per heavy atom. The van der Waals surface area contributed by atoms with Crippen LogP contribution in [0.25, 0.3) is 0 Å². The number of hydrogen-bond donors (Lipinski definition) is 1. The number of nitrogens with zero attached hydrogens (tertiary/aromatic N) is 2. The fourth-order valence-corrected chi connectivity index (χ4v) is 3.68. The molecule has 0 radical (unpaired) electrons. The summed E-state index contributed by atoms with van der Waals surface area (Å²) in [7, 11) is 2.00. The first-order chi connectivity index (χ1) is 9.50. The number of aryl methyl sites for hydroxylation is 2. The molecule has 1 heterocycles. The van der Waals surface area contributed by atoms with Crippen molar-refractivity contribution in [3.05, 3.63) is 18.0 Å². The molecule has 114 valence electrons. The minimum absolute atomic E-state index is 0.530. The Kier molecular flexibility index (Phi) is 5.25. The van der Waals surface area contributed by atoms with Crippen molar-refractivity contribution in [3.8, 4) is 0 Å². The van der Waals surface area contributed by atoms with Gasteiger partial charge in [0.25, 0.3) is 0 Å². The lowest BCUT2D eigenvalue weighted by molar-refractivity contribution is 0.110.